The summed E-state index contributed by atoms with van der Waals surface area (Å²) < 4.78 is 53.7. The van der Waals surface area contributed by atoms with Gasteiger partial charge in [0.2, 0.25) is 0 Å². The van der Waals surface area contributed by atoms with Gasteiger partial charge in [-0.1, -0.05) is 12.2 Å². The van der Waals surface area contributed by atoms with Crippen molar-refractivity contribution in [3.8, 4) is 0 Å². The molecule has 0 saturated carbocycles. The van der Waals surface area contributed by atoms with Crippen LogP contribution in [0.1, 0.15) is 0 Å². The Hall–Kier alpha value is -1.44. The number of hydrogen-bond acceptors (Lipinski definition) is 3. The zero-order chi connectivity index (χ0) is 11.7. The van der Waals surface area contributed by atoms with E-state index in [0.29, 0.717) is 0 Å². The van der Waals surface area contributed by atoms with Crippen LogP contribution in [0.5, 0.6) is 0 Å². The molecule has 0 saturated heterocycles. The molecular formula is C7H5F4NO3. The Bertz CT molecular complexity index is 332. The van der Waals surface area contributed by atoms with Crippen LogP contribution in [-0.2, 0) is 4.74 Å². The normalized spacial score (nSPS) is 34.7. The lowest BCUT2D eigenvalue weighted by Gasteiger charge is -2.28. The third kappa shape index (κ3) is 1.84. The monoisotopic (exact) mass is 227 g/mol. The molecule has 0 fully saturated rings. The number of alkyl halides is 4. The van der Waals surface area contributed by atoms with Crippen molar-refractivity contribution >= 4 is 0 Å². The molecule has 8 heteroatoms. The van der Waals surface area contributed by atoms with Crippen LogP contribution in [0.3, 0.4) is 0 Å². The van der Waals surface area contributed by atoms with E-state index in [0.717, 1.165) is 12.2 Å². The van der Waals surface area contributed by atoms with E-state index in [1.54, 1.807) is 0 Å². The fourth-order valence-corrected chi connectivity index (χ4v) is 1.03. The lowest BCUT2D eigenvalue weighted by atomic mass is 10.0. The van der Waals surface area contributed by atoms with E-state index in [9.17, 15) is 27.7 Å². The topological polar surface area (TPSA) is 52.4 Å². The highest BCUT2D eigenvalue weighted by Crippen LogP contribution is 2.38. The van der Waals surface area contributed by atoms with Gasteiger partial charge in [0.15, 0.2) is 0 Å². The third-order valence-corrected chi connectivity index (χ3v) is 1.74. The van der Waals surface area contributed by atoms with Crippen LogP contribution in [-0.4, -0.2) is 23.2 Å². The number of hydrogen-bond donors (Lipinski definition) is 0. The molecule has 0 amide bonds. The molecular weight excluding hydrogens is 222 g/mol. The van der Waals surface area contributed by atoms with Crippen LogP contribution < -0.4 is 0 Å². The van der Waals surface area contributed by atoms with Gasteiger partial charge in [-0.25, -0.2) is 0 Å². The van der Waals surface area contributed by atoms with Crippen molar-refractivity contribution in [2.75, 3.05) is 0 Å². The van der Waals surface area contributed by atoms with Gasteiger partial charge in [0, 0.05) is 6.08 Å². The summed E-state index contributed by atoms with van der Waals surface area (Å²) >= 11 is 0. The molecule has 2 unspecified atom stereocenters. The average Bonchev–Trinajstić information content (AvgIpc) is 2.08. The van der Waals surface area contributed by atoms with Gasteiger partial charge in [0.05, 0.1) is 4.92 Å². The van der Waals surface area contributed by atoms with Gasteiger partial charge < -0.3 is 0 Å². The number of nitro groups is 1. The van der Waals surface area contributed by atoms with E-state index in [2.05, 4.69) is 4.74 Å². The Balaban J connectivity index is 3.09. The van der Waals surface area contributed by atoms with Gasteiger partial charge in [0.1, 0.15) is 0 Å². The van der Waals surface area contributed by atoms with Crippen LogP contribution in [0.4, 0.5) is 17.6 Å². The van der Waals surface area contributed by atoms with E-state index < -0.39 is 23.2 Å². The standard InChI is InChI=1S/C7H5F4NO3/c8-5(9)15-7(11)4-2-1-3-6(7,10)12(13)14/h1-5H. The molecule has 84 valence electrons. The summed E-state index contributed by atoms with van der Waals surface area (Å²) in [5, 5.41) is 10.3. The summed E-state index contributed by atoms with van der Waals surface area (Å²) in [6.07, 6.45) is 2.09. The minimum atomic E-state index is -3.85. The molecule has 0 spiro atoms. The van der Waals surface area contributed by atoms with Gasteiger partial charge in [-0.15, -0.1) is 0 Å². The summed E-state index contributed by atoms with van der Waals surface area (Å²) in [4.78, 5) is 8.58. The smallest absolute Gasteiger partial charge is 0.273 e. The Kier molecular flexibility index (Phi) is 2.80. The molecule has 0 bridgehead atoms. The minimum absolute atomic E-state index is 0.204. The molecule has 2 atom stereocenters. The van der Waals surface area contributed by atoms with E-state index in [4.69, 9.17) is 0 Å². The highest BCUT2D eigenvalue weighted by molar-refractivity contribution is 5.23. The Morgan fingerprint density at radius 2 is 1.80 bits per heavy atom. The van der Waals surface area contributed by atoms with Gasteiger partial charge >= 0.3 is 18.3 Å². The minimum Gasteiger partial charge on any atom is -0.273 e. The molecule has 0 N–H and O–H groups in total. The zero-order valence-electron chi connectivity index (χ0n) is 7.07. The summed E-state index contributed by atoms with van der Waals surface area (Å²) in [5.74, 6) is -7.66. The van der Waals surface area contributed by atoms with Crippen molar-refractivity contribution in [3.63, 3.8) is 0 Å². The number of nitrogens with zero attached hydrogens (tertiary/aromatic N) is 1. The molecule has 1 aliphatic carbocycles. The second-order valence-corrected chi connectivity index (χ2v) is 2.67. The Morgan fingerprint density at radius 3 is 2.27 bits per heavy atom. The predicted molar refractivity (Wildman–Crippen MR) is 40.0 cm³/mol. The second kappa shape index (κ2) is 3.61. The lowest BCUT2D eigenvalue weighted by molar-refractivity contribution is -0.626. The second-order valence-electron chi connectivity index (χ2n) is 2.67. The van der Waals surface area contributed by atoms with Crippen molar-refractivity contribution in [1.29, 1.82) is 0 Å². The predicted octanol–water partition coefficient (Wildman–Crippen LogP) is 1.96. The maximum Gasteiger partial charge on any atom is 0.439 e. The largest absolute Gasteiger partial charge is 0.439 e. The third-order valence-electron chi connectivity index (χ3n) is 1.74. The van der Waals surface area contributed by atoms with E-state index in [1.807, 2.05) is 0 Å². The quantitative estimate of drug-likeness (QED) is 0.320. The number of halogens is 4. The average molecular weight is 227 g/mol. The van der Waals surface area contributed by atoms with Crippen LogP contribution in [0, 0.1) is 10.1 Å². The first kappa shape index (κ1) is 11.6. The molecule has 0 heterocycles. The van der Waals surface area contributed by atoms with Crippen molar-refractivity contribution < 1.29 is 27.2 Å². The van der Waals surface area contributed by atoms with Crippen molar-refractivity contribution in [1.82, 2.24) is 0 Å². The molecule has 0 aromatic heterocycles. The van der Waals surface area contributed by atoms with Crippen molar-refractivity contribution in [2.45, 2.75) is 18.3 Å². The molecule has 15 heavy (non-hydrogen) atoms. The molecule has 4 nitrogen and oxygen atoms in total. The van der Waals surface area contributed by atoms with Gasteiger partial charge in [-0.05, 0) is 6.08 Å². The highest BCUT2D eigenvalue weighted by Gasteiger charge is 2.65. The van der Waals surface area contributed by atoms with Crippen LogP contribution >= 0.6 is 0 Å². The fraction of sp³-hybridized carbons (Fsp3) is 0.429. The summed E-state index contributed by atoms with van der Waals surface area (Å²) in [6.45, 7) is -3.67. The van der Waals surface area contributed by atoms with E-state index >= 15 is 0 Å². The van der Waals surface area contributed by atoms with Crippen molar-refractivity contribution in [3.05, 3.63) is 34.4 Å². The maximum atomic E-state index is 13.5. The van der Waals surface area contributed by atoms with E-state index in [1.165, 1.54) is 0 Å². The van der Waals surface area contributed by atoms with Gasteiger partial charge in [-0.3, -0.25) is 14.9 Å². The first-order valence-electron chi connectivity index (χ1n) is 3.67. The van der Waals surface area contributed by atoms with Crippen LogP contribution in [0.2, 0.25) is 0 Å². The lowest BCUT2D eigenvalue weighted by Crippen LogP contribution is -2.54. The van der Waals surface area contributed by atoms with E-state index in [-0.39, 0.29) is 12.2 Å². The van der Waals surface area contributed by atoms with Gasteiger partial charge in [-0.2, -0.15) is 17.6 Å². The Morgan fingerprint density at radius 1 is 1.27 bits per heavy atom. The fourth-order valence-electron chi connectivity index (χ4n) is 1.03. The molecule has 1 aliphatic rings. The first-order valence-corrected chi connectivity index (χ1v) is 3.67. The molecule has 1 rings (SSSR count). The van der Waals surface area contributed by atoms with Crippen LogP contribution in [0.25, 0.3) is 0 Å². The van der Waals surface area contributed by atoms with Gasteiger partial charge in [0.25, 0.3) is 0 Å². The Labute approximate surface area is 81.0 Å². The number of rotatable bonds is 3. The highest BCUT2D eigenvalue weighted by atomic mass is 19.3. The molecule has 0 aliphatic heterocycles. The summed E-state index contributed by atoms with van der Waals surface area (Å²) in [6, 6.07) is 0. The number of ether oxygens (including phenoxy) is 1. The maximum absolute atomic E-state index is 13.5. The molecule has 0 aromatic carbocycles. The number of allylic oxidation sites excluding steroid dienone is 2. The molecule has 0 radical (unpaired) electrons. The summed E-state index contributed by atoms with van der Waals surface area (Å²) in [5.41, 5.74) is 0. The SMILES string of the molecule is O=[N+]([O-])C1(F)C=CC=CC1(F)OC(F)F. The van der Waals surface area contributed by atoms with Crippen molar-refractivity contribution in [2.24, 2.45) is 0 Å². The molecule has 0 aromatic rings. The zero-order valence-corrected chi connectivity index (χ0v) is 7.07. The summed E-state index contributed by atoms with van der Waals surface area (Å²) in [7, 11) is 0. The first-order chi connectivity index (χ1) is 6.82. The van der Waals surface area contributed by atoms with Crippen LogP contribution in [0.15, 0.2) is 24.3 Å².